The Morgan fingerprint density at radius 3 is 2.38 bits per heavy atom. The second-order valence-electron chi connectivity index (χ2n) is 5.78. The van der Waals surface area contributed by atoms with Crippen LogP contribution in [0.2, 0.25) is 0 Å². The minimum Gasteiger partial charge on any atom is -0.339 e. The van der Waals surface area contributed by atoms with Crippen LogP contribution in [0.4, 0.5) is 0 Å². The van der Waals surface area contributed by atoms with Crippen LogP contribution in [-0.4, -0.2) is 22.8 Å². The average Bonchev–Trinajstić information content (AvgIpc) is 3.10. The fourth-order valence-electron chi connectivity index (χ4n) is 2.55. The van der Waals surface area contributed by atoms with E-state index in [1.54, 1.807) is 16.2 Å². The van der Waals surface area contributed by atoms with E-state index in [0.29, 0.717) is 6.42 Å². The third-order valence-corrected chi connectivity index (χ3v) is 5.10. The van der Waals surface area contributed by atoms with Gasteiger partial charge >= 0.3 is 0 Å². The minimum absolute atomic E-state index is 0.0472. The first-order chi connectivity index (χ1) is 11.6. The molecule has 0 aliphatic carbocycles. The van der Waals surface area contributed by atoms with Gasteiger partial charge in [-0.1, -0.05) is 60.7 Å². The van der Waals surface area contributed by atoms with Crippen molar-refractivity contribution in [1.82, 2.24) is 9.88 Å². The van der Waals surface area contributed by atoms with Gasteiger partial charge in [0.2, 0.25) is 5.91 Å². The monoisotopic (exact) mass is 336 g/mol. The molecule has 0 radical (unpaired) electrons. The lowest BCUT2D eigenvalue weighted by Gasteiger charge is -2.25. The van der Waals surface area contributed by atoms with Crippen LogP contribution in [-0.2, 0) is 11.2 Å². The van der Waals surface area contributed by atoms with E-state index in [4.69, 9.17) is 0 Å². The third-order valence-electron chi connectivity index (χ3n) is 4.16. The molecule has 1 heterocycles. The molecule has 1 amide bonds. The average molecular weight is 336 g/mol. The summed E-state index contributed by atoms with van der Waals surface area (Å²) in [5, 5.41) is 2.93. The van der Waals surface area contributed by atoms with Gasteiger partial charge in [0.05, 0.1) is 18.2 Å². The van der Waals surface area contributed by atoms with Crippen molar-refractivity contribution >= 4 is 17.2 Å². The smallest absolute Gasteiger partial charge is 0.228 e. The van der Waals surface area contributed by atoms with Crippen molar-refractivity contribution in [2.45, 2.75) is 19.4 Å². The Hall–Kier alpha value is -2.46. The quantitative estimate of drug-likeness (QED) is 0.684. The van der Waals surface area contributed by atoms with E-state index in [0.717, 1.165) is 21.8 Å². The molecule has 0 saturated heterocycles. The van der Waals surface area contributed by atoms with Crippen molar-refractivity contribution in [2.75, 3.05) is 7.05 Å². The van der Waals surface area contributed by atoms with Crippen molar-refractivity contribution in [2.24, 2.45) is 0 Å². The topological polar surface area (TPSA) is 33.2 Å². The molecule has 0 fully saturated rings. The fraction of sp³-hybridized carbons (Fsp3) is 0.200. The van der Waals surface area contributed by atoms with E-state index in [1.165, 1.54) is 0 Å². The molecule has 4 heteroatoms. The number of carbonyl (C=O) groups is 1. The number of carbonyl (C=O) groups excluding carboxylic acids is 1. The highest BCUT2D eigenvalue weighted by Gasteiger charge is 2.18. The first kappa shape index (κ1) is 16.4. The molecule has 1 unspecified atom stereocenters. The lowest BCUT2D eigenvalue weighted by atomic mass is 10.1. The molecule has 0 aliphatic heterocycles. The lowest BCUT2D eigenvalue weighted by molar-refractivity contribution is -0.131. The van der Waals surface area contributed by atoms with Crippen LogP contribution < -0.4 is 0 Å². The van der Waals surface area contributed by atoms with Gasteiger partial charge in [-0.15, -0.1) is 11.3 Å². The maximum atomic E-state index is 12.6. The van der Waals surface area contributed by atoms with E-state index in [1.807, 2.05) is 80.0 Å². The zero-order valence-electron chi connectivity index (χ0n) is 13.8. The highest BCUT2D eigenvalue weighted by Crippen LogP contribution is 2.24. The zero-order valence-corrected chi connectivity index (χ0v) is 14.7. The van der Waals surface area contributed by atoms with Gasteiger partial charge in [0, 0.05) is 18.0 Å². The zero-order chi connectivity index (χ0) is 16.9. The van der Waals surface area contributed by atoms with Gasteiger partial charge in [-0.2, -0.15) is 0 Å². The standard InChI is InChI=1S/C20H20N2OS/c1-15(16-9-5-3-6-10-16)22(2)19(23)13-18-14-24-20(21-18)17-11-7-4-8-12-17/h3-12,14-15H,13H2,1-2H3. The molecule has 24 heavy (non-hydrogen) atoms. The van der Waals surface area contributed by atoms with Gasteiger partial charge in [-0.05, 0) is 12.5 Å². The molecular weight excluding hydrogens is 316 g/mol. The van der Waals surface area contributed by atoms with E-state index in [-0.39, 0.29) is 11.9 Å². The van der Waals surface area contributed by atoms with Gasteiger partial charge in [-0.25, -0.2) is 4.98 Å². The van der Waals surface area contributed by atoms with Crippen LogP contribution in [0, 0.1) is 0 Å². The van der Waals surface area contributed by atoms with Crippen molar-refractivity contribution in [3.05, 3.63) is 77.3 Å². The van der Waals surface area contributed by atoms with Crippen molar-refractivity contribution in [3.8, 4) is 10.6 Å². The van der Waals surface area contributed by atoms with Gasteiger partial charge in [0.1, 0.15) is 5.01 Å². The second kappa shape index (κ2) is 7.41. The summed E-state index contributed by atoms with van der Waals surface area (Å²) in [6.45, 7) is 2.05. The van der Waals surface area contributed by atoms with Crippen LogP contribution in [0.3, 0.4) is 0 Å². The minimum atomic E-state index is 0.0472. The Morgan fingerprint density at radius 1 is 1.08 bits per heavy atom. The number of aromatic nitrogens is 1. The predicted octanol–water partition coefficient (Wildman–Crippen LogP) is 4.57. The van der Waals surface area contributed by atoms with Crippen LogP contribution in [0.15, 0.2) is 66.0 Å². The molecule has 0 saturated carbocycles. The summed E-state index contributed by atoms with van der Waals surface area (Å²) in [4.78, 5) is 19.0. The normalized spacial score (nSPS) is 11.9. The molecule has 122 valence electrons. The summed E-state index contributed by atoms with van der Waals surface area (Å²) in [5.41, 5.74) is 3.06. The largest absolute Gasteiger partial charge is 0.339 e. The van der Waals surface area contributed by atoms with Gasteiger partial charge in [0.15, 0.2) is 0 Å². The van der Waals surface area contributed by atoms with E-state index >= 15 is 0 Å². The SMILES string of the molecule is CC(c1ccccc1)N(C)C(=O)Cc1csc(-c2ccccc2)n1. The number of nitrogens with zero attached hydrogens (tertiary/aromatic N) is 2. The number of hydrogen-bond acceptors (Lipinski definition) is 3. The number of likely N-dealkylation sites (N-methyl/N-ethyl adjacent to an activating group) is 1. The molecule has 0 bridgehead atoms. The lowest BCUT2D eigenvalue weighted by Crippen LogP contribution is -2.31. The number of thiazole rings is 1. The van der Waals surface area contributed by atoms with Gasteiger partial charge in [0.25, 0.3) is 0 Å². The Kier molecular flexibility index (Phi) is 5.06. The summed E-state index contributed by atoms with van der Waals surface area (Å²) in [6, 6.07) is 20.2. The van der Waals surface area contributed by atoms with E-state index in [9.17, 15) is 4.79 Å². The van der Waals surface area contributed by atoms with E-state index < -0.39 is 0 Å². The molecule has 0 aliphatic rings. The Labute approximate surface area is 146 Å². The highest BCUT2D eigenvalue weighted by molar-refractivity contribution is 7.13. The Bertz CT molecular complexity index is 799. The summed E-state index contributed by atoms with van der Waals surface area (Å²) in [7, 11) is 1.85. The van der Waals surface area contributed by atoms with Crippen LogP contribution >= 0.6 is 11.3 Å². The first-order valence-electron chi connectivity index (χ1n) is 7.95. The third kappa shape index (κ3) is 3.71. The summed E-state index contributed by atoms with van der Waals surface area (Å²) >= 11 is 1.58. The summed E-state index contributed by atoms with van der Waals surface area (Å²) < 4.78 is 0. The number of benzene rings is 2. The maximum absolute atomic E-state index is 12.6. The molecule has 3 aromatic rings. The second-order valence-corrected chi connectivity index (χ2v) is 6.64. The molecule has 3 nitrogen and oxygen atoms in total. The number of rotatable bonds is 5. The maximum Gasteiger partial charge on any atom is 0.228 e. The molecule has 2 aromatic carbocycles. The van der Waals surface area contributed by atoms with E-state index in [2.05, 4.69) is 4.98 Å². The summed E-state index contributed by atoms with van der Waals surface area (Å²) in [6.07, 6.45) is 0.330. The molecule has 1 atom stereocenters. The molecule has 0 N–H and O–H groups in total. The Morgan fingerprint density at radius 2 is 1.71 bits per heavy atom. The van der Waals surface area contributed by atoms with Crippen LogP contribution in [0.25, 0.3) is 10.6 Å². The predicted molar refractivity (Wildman–Crippen MR) is 98.9 cm³/mol. The number of amides is 1. The molecule has 3 rings (SSSR count). The molecule has 1 aromatic heterocycles. The van der Waals surface area contributed by atoms with Crippen LogP contribution in [0.1, 0.15) is 24.2 Å². The van der Waals surface area contributed by atoms with Gasteiger partial charge in [-0.3, -0.25) is 4.79 Å². The van der Waals surface area contributed by atoms with Crippen molar-refractivity contribution in [3.63, 3.8) is 0 Å². The number of hydrogen-bond donors (Lipinski definition) is 0. The van der Waals surface area contributed by atoms with Crippen molar-refractivity contribution in [1.29, 1.82) is 0 Å². The molecule has 0 spiro atoms. The molecular formula is C20H20N2OS. The summed E-state index contributed by atoms with van der Waals surface area (Å²) in [5.74, 6) is 0.0799. The Balaban J connectivity index is 1.68. The fourth-order valence-corrected chi connectivity index (χ4v) is 3.38. The van der Waals surface area contributed by atoms with Gasteiger partial charge < -0.3 is 4.90 Å². The van der Waals surface area contributed by atoms with Crippen molar-refractivity contribution < 1.29 is 4.79 Å². The first-order valence-corrected chi connectivity index (χ1v) is 8.83. The van der Waals surface area contributed by atoms with Crippen LogP contribution in [0.5, 0.6) is 0 Å². The highest BCUT2D eigenvalue weighted by atomic mass is 32.1.